The first-order valence-corrected chi connectivity index (χ1v) is 6.66. The van der Waals surface area contributed by atoms with E-state index in [9.17, 15) is 4.79 Å². The fourth-order valence-electron chi connectivity index (χ4n) is 1.90. The zero-order valence-electron chi connectivity index (χ0n) is 9.24. The second kappa shape index (κ2) is 5.96. The summed E-state index contributed by atoms with van der Waals surface area (Å²) in [4.78, 5) is 16.0. The van der Waals surface area contributed by atoms with Gasteiger partial charge in [0.05, 0.1) is 11.2 Å². The van der Waals surface area contributed by atoms with Crippen molar-refractivity contribution in [2.45, 2.75) is 19.3 Å². The van der Waals surface area contributed by atoms with Gasteiger partial charge in [0.1, 0.15) is 0 Å². The Morgan fingerprint density at radius 1 is 1.56 bits per heavy atom. The number of carbonyl (C=O) groups is 1. The molecule has 1 aliphatic heterocycles. The molecule has 0 atom stereocenters. The van der Waals surface area contributed by atoms with Crippen molar-refractivity contribution in [2.75, 3.05) is 19.6 Å². The van der Waals surface area contributed by atoms with Crippen molar-refractivity contribution in [3.8, 4) is 0 Å². The smallest absolute Gasteiger partial charge is 0.223 e. The predicted molar refractivity (Wildman–Crippen MR) is 64.4 cm³/mol. The monoisotopic (exact) mass is 239 g/mol. The van der Waals surface area contributed by atoms with Crippen LogP contribution in [-0.4, -0.2) is 30.5 Å². The highest BCUT2D eigenvalue weighted by Crippen LogP contribution is 2.11. The number of rotatable bonds is 4. The number of nitrogens with one attached hydrogen (secondary N) is 2. The molecule has 1 amide bonds. The minimum absolute atomic E-state index is 0.205. The number of nitrogens with zero attached hydrogens (tertiary/aromatic N) is 1. The van der Waals surface area contributed by atoms with Crippen LogP contribution in [0.25, 0.3) is 0 Å². The van der Waals surface area contributed by atoms with Crippen LogP contribution in [0.1, 0.15) is 18.5 Å². The molecule has 16 heavy (non-hydrogen) atoms. The summed E-state index contributed by atoms with van der Waals surface area (Å²) in [5.74, 6) is 0.411. The van der Waals surface area contributed by atoms with Gasteiger partial charge < -0.3 is 10.6 Å². The van der Waals surface area contributed by atoms with Gasteiger partial charge in [0.25, 0.3) is 0 Å². The Labute approximate surface area is 99.5 Å². The molecule has 4 nitrogen and oxygen atoms in total. The summed E-state index contributed by atoms with van der Waals surface area (Å²) in [6, 6.07) is 0. The van der Waals surface area contributed by atoms with Gasteiger partial charge in [-0.05, 0) is 25.9 Å². The lowest BCUT2D eigenvalue weighted by Gasteiger charge is -2.21. The summed E-state index contributed by atoms with van der Waals surface area (Å²) in [6.07, 6.45) is 2.76. The summed E-state index contributed by atoms with van der Waals surface area (Å²) >= 11 is 1.59. The molecule has 1 fully saturated rings. The molecule has 2 rings (SSSR count). The summed E-state index contributed by atoms with van der Waals surface area (Å²) < 4.78 is 0. The van der Waals surface area contributed by atoms with E-state index in [0.717, 1.165) is 38.0 Å². The molecular formula is C11H17N3OS. The molecule has 1 aromatic heterocycles. The van der Waals surface area contributed by atoms with E-state index in [2.05, 4.69) is 15.6 Å². The molecule has 0 aromatic carbocycles. The molecule has 1 saturated heterocycles. The molecule has 2 N–H and O–H groups in total. The maximum atomic E-state index is 11.8. The van der Waals surface area contributed by atoms with Gasteiger partial charge >= 0.3 is 0 Å². The van der Waals surface area contributed by atoms with E-state index in [0.29, 0.717) is 6.54 Å². The van der Waals surface area contributed by atoms with Crippen molar-refractivity contribution in [3.05, 3.63) is 16.6 Å². The third-order valence-electron chi connectivity index (χ3n) is 2.87. The molecule has 0 bridgehead atoms. The van der Waals surface area contributed by atoms with Crippen LogP contribution in [0.3, 0.4) is 0 Å². The van der Waals surface area contributed by atoms with E-state index in [1.807, 2.05) is 10.9 Å². The molecule has 0 aliphatic carbocycles. The number of amides is 1. The standard InChI is InChI=1S/C11H17N3OS/c15-11(9-1-4-12-5-2-9)13-6-3-10-7-16-8-14-10/h7-9,12H,1-6H2,(H,13,15). The van der Waals surface area contributed by atoms with Gasteiger partial charge in [-0.25, -0.2) is 4.98 Å². The minimum Gasteiger partial charge on any atom is -0.355 e. The van der Waals surface area contributed by atoms with E-state index < -0.39 is 0 Å². The number of thiazole rings is 1. The first kappa shape index (κ1) is 11.5. The van der Waals surface area contributed by atoms with Gasteiger partial charge in [0, 0.05) is 24.3 Å². The minimum atomic E-state index is 0.205. The van der Waals surface area contributed by atoms with Crippen molar-refractivity contribution in [3.63, 3.8) is 0 Å². The van der Waals surface area contributed by atoms with Crippen LogP contribution in [0.2, 0.25) is 0 Å². The molecule has 2 heterocycles. The number of hydrogen-bond donors (Lipinski definition) is 2. The van der Waals surface area contributed by atoms with Crippen LogP contribution in [0.15, 0.2) is 10.9 Å². The Morgan fingerprint density at radius 2 is 2.38 bits per heavy atom. The van der Waals surface area contributed by atoms with Gasteiger partial charge in [-0.15, -0.1) is 11.3 Å². The highest BCUT2D eigenvalue weighted by Gasteiger charge is 2.20. The predicted octanol–water partition coefficient (Wildman–Crippen LogP) is 0.801. The van der Waals surface area contributed by atoms with E-state index in [1.54, 1.807) is 11.3 Å². The fourth-order valence-corrected chi connectivity index (χ4v) is 2.50. The van der Waals surface area contributed by atoms with Crippen molar-refractivity contribution < 1.29 is 4.79 Å². The second-order valence-corrected chi connectivity index (χ2v) is 4.76. The maximum absolute atomic E-state index is 11.8. The quantitative estimate of drug-likeness (QED) is 0.817. The zero-order chi connectivity index (χ0) is 11.2. The first-order valence-electron chi connectivity index (χ1n) is 5.72. The summed E-state index contributed by atoms with van der Waals surface area (Å²) in [5.41, 5.74) is 2.89. The van der Waals surface area contributed by atoms with Crippen LogP contribution >= 0.6 is 11.3 Å². The SMILES string of the molecule is O=C(NCCc1cscn1)C1CCNCC1. The Kier molecular flexibility index (Phi) is 4.30. The van der Waals surface area contributed by atoms with E-state index in [1.165, 1.54) is 0 Å². The van der Waals surface area contributed by atoms with E-state index >= 15 is 0 Å². The summed E-state index contributed by atoms with van der Waals surface area (Å²) in [7, 11) is 0. The largest absolute Gasteiger partial charge is 0.355 e. The molecular weight excluding hydrogens is 222 g/mol. The summed E-state index contributed by atoms with van der Waals surface area (Å²) in [5, 5.41) is 8.27. The van der Waals surface area contributed by atoms with E-state index in [-0.39, 0.29) is 11.8 Å². The summed E-state index contributed by atoms with van der Waals surface area (Å²) in [6.45, 7) is 2.63. The Morgan fingerprint density at radius 3 is 3.06 bits per heavy atom. The number of aromatic nitrogens is 1. The Balaban J connectivity index is 1.67. The van der Waals surface area contributed by atoms with Crippen LogP contribution in [-0.2, 0) is 11.2 Å². The molecule has 1 aliphatic rings. The molecule has 0 saturated carbocycles. The molecule has 0 spiro atoms. The van der Waals surface area contributed by atoms with E-state index in [4.69, 9.17) is 0 Å². The van der Waals surface area contributed by atoms with Crippen molar-refractivity contribution in [1.29, 1.82) is 0 Å². The van der Waals surface area contributed by atoms with Gasteiger partial charge in [0.15, 0.2) is 0 Å². The highest BCUT2D eigenvalue weighted by molar-refractivity contribution is 7.07. The molecule has 0 radical (unpaired) electrons. The van der Waals surface area contributed by atoms with Crippen LogP contribution in [0, 0.1) is 5.92 Å². The first-order chi connectivity index (χ1) is 7.86. The van der Waals surface area contributed by atoms with Gasteiger partial charge in [-0.2, -0.15) is 0 Å². The normalized spacial score (nSPS) is 17.2. The zero-order valence-corrected chi connectivity index (χ0v) is 10.1. The second-order valence-electron chi connectivity index (χ2n) is 4.05. The topological polar surface area (TPSA) is 54.0 Å². The Bertz CT molecular complexity index is 320. The lowest BCUT2D eigenvalue weighted by molar-refractivity contribution is -0.125. The average Bonchev–Trinajstić information content (AvgIpc) is 2.83. The third-order valence-corrected chi connectivity index (χ3v) is 3.51. The lowest BCUT2D eigenvalue weighted by Crippen LogP contribution is -2.38. The highest BCUT2D eigenvalue weighted by atomic mass is 32.1. The van der Waals surface area contributed by atoms with Gasteiger partial charge in [-0.3, -0.25) is 4.79 Å². The molecule has 88 valence electrons. The number of hydrogen-bond acceptors (Lipinski definition) is 4. The number of piperidine rings is 1. The van der Waals surface area contributed by atoms with Crippen LogP contribution in [0.4, 0.5) is 0 Å². The third kappa shape index (κ3) is 3.28. The fraction of sp³-hybridized carbons (Fsp3) is 0.636. The molecule has 1 aromatic rings. The van der Waals surface area contributed by atoms with Crippen molar-refractivity contribution in [2.24, 2.45) is 5.92 Å². The molecule has 0 unspecified atom stereocenters. The van der Waals surface area contributed by atoms with Gasteiger partial charge in [-0.1, -0.05) is 0 Å². The lowest BCUT2D eigenvalue weighted by atomic mass is 9.97. The van der Waals surface area contributed by atoms with Gasteiger partial charge in [0.2, 0.25) is 5.91 Å². The Hall–Kier alpha value is -0.940. The average molecular weight is 239 g/mol. The maximum Gasteiger partial charge on any atom is 0.223 e. The molecule has 5 heteroatoms. The van der Waals surface area contributed by atoms with Crippen LogP contribution < -0.4 is 10.6 Å². The van der Waals surface area contributed by atoms with Crippen molar-refractivity contribution in [1.82, 2.24) is 15.6 Å². The van der Waals surface area contributed by atoms with Crippen LogP contribution in [0.5, 0.6) is 0 Å². The number of carbonyl (C=O) groups excluding carboxylic acids is 1. The van der Waals surface area contributed by atoms with Crippen molar-refractivity contribution >= 4 is 17.2 Å².